The maximum atomic E-state index is 11.4. The van der Waals surface area contributed by atoms with E-state index in [1.54, 1.807) is 6.92 Å². The Bertz CT molecular complexity index is 174. The van der Waals surface area contributed by atoms with Crippen LogP contribution in [-0.4, -0.2) is 5.78 Å². The SMILES string of the molecule is CC[C@H](C)[C@@H]1CCCCC1C(C)=O. The van der Waals surface area contributed by atoms with Crippen LogP contribution in [0.3, 0.4) is 0 Å². The maximum absolute atomic E-state index is 11.4. The predicted molar refractivity (Wildman–Crippen MR) is 55.6 cm³/mol. The summed E-state index contributed by atoms with van der Waals surface area (Å²) in [7, 11) is 0. The lowest BCUT2D eigenvalue weighted by atomic mass is 9.71. The van der Waals surface area contributed by atoms with Crippen LogP contribution in [0.25, 0.3) is 0 Å². The van der Waals surface area contributed by atoms with Crippen molar-refractivity contribution < 1.29 is 4.79 Å². The molecule has 0 aliphatic heterocycles. The number of carbonyl (C=O) groups excluding carboxylic acids is 1. The summed E-state index contributed by atoms with van der Waals surface area (Å²) in [6, 6.07) is 0. The zero-order valence-electron chi connectivity index (χ0n) is 9.18. The van der Waals surface area contributed by atoms with E-state index in [1.165, 1.54) is 25.7 Å². The normalized spacial score (nSPS) is 31.3. The van der Waals surface area contributed by atoms with E-state index in [-0.39, 0.29) is 0 Å². The van der Waals surface area contributed by atoms with E-state index in [0.717, 1.165) is 12.3 Å². The lowest BCUT2D eigenvalue weighted by Gasteiger charge is -2.33. The number of carbonyl (C=O) groups is 1. The third-order valence-electron chi connectivity index (χ3n) is 3.72. The molecule has 76 valence electrons. The second-order valence-electron chi connectivity index (χ2n) is 4.55. The third-order valence-corrected chi connectivity index (χ3v) is 3.72. The van der Waals surface area contributed by atoms with Crippen molar-refractivity contribution in [1.82, 2.24) is 0 Å². The van der Waals surface area contributed by atoms with Gasteiger partial charge in [0.2, 0.25) is 0 Å². The van der Waals surface area contributed by atoms with E-state index >= 15 is 0 Å². The minimum absolute atomic E-state index is 0.378. The quantitative estimate of drug-likeness (QED) is 0.653. The second-order valence-corrected chi connectivity index (χ2v) is 4.55. The Morgan fingerprint density at radius 3 is 2.54 bits per heavy atom. The van der Waals surface area contributed by atoms with Crippen molar-refractivity contribution in [3.63, 3.8) is 0 Å². The fourth-order valence-electron chi connectivity index (χ4n) is 2.65. The van der Waals surface area contributed by atoms with Gasteiger partial charge in [-0.1, -0.05) is 33.1 Å². The molecular formula is C12H22O. The maximum Gasteiger partial charge on any atom is 0.133 e. The van der Waals surface area contributed by atoms with Crippen molar-refractivity contribution in [1.29, 1.82) is 0 Å². The van der Waals surface area contributed by atoms with Gasteiger partial charge in [0, 0.05) is 5.92 Å². The van der Waals surface area contributed by atoms with Gasteiger partial charge in [0.15, 0.2) is 0 Å². The molecule has 0 spiro atoms. The molecular weight excluding hydrogens is 160 g/mol. The first-order valence-electron chi connectivity index (χ1n) is 5.67. The Labute approximate surface area is 81.9 Å². The number of rotatable bonds is 3. The molecule has 0 aromatic rings. The van der Waals surface area contributed by atoms with Gasteiger partial charge in [0.25, 0.3) is 0 Å². The minimum Gasteiger partial charge on any atom is -0.300 e. The lowest BCUT2D eigenvalue weighted by molar-refractivity contribution is -0.124. The Hall–Kier alpha value is -0.330. The first kappa shape index (κ1) is 10.7. The summed E-state index contributed by atoms with van der Waals surface area (Å²) in [6.07, 6.45) is 6.23. The summed E-state index contributed by atoms with van der Waals surface area (Å²) in [4.78, 5) is 11.4. The molecule has 1 aliphatic rings. The Kier molecular flexibility index (Phi) is 3.95. The highest BCUT2D eigenvalue weighted by Gasteiger charge is 2.31. The van der Waals surface area contributed by atoms with Crippen LogP contribution in [0.2, 0.25) is 0 Å². The second kappa shape index (κ2) is 4.78. The summed E-state index contributed by atoms with van der Waals surface area (Å²) in [5, 5.41) is 0. The molecule has 1 nitrogen and oxygen atoms in total. The van der Waals surface area contributed by atoms with Crippen LogP contribution in [0.4, 0.5) is 0 Å². The average molecular weight is 182 g/mol. The average Bonchev–Trinajstić information content (AvgIpc) is 2.16. The smallest absolute Gasteiger partial charge is 0.133 e. The van der Waals surface area contributed by atoms with Gasteiger partial charge in [0.1, 0.15) is 5.78 Å². The molecule has 0 aromatic heterocycles. The van der Waals surface area contributed by atoms with Crippen molar-refractivity contribution >= 4 is 5.78 Å². The van der Waals surface area contributed by atoms with Gasteiger partial charge in [-0.25, -0.2) is 0 Å². The molecule has 1 rings (SSSR count). The summed E-state index contributed by atoms with van der Waals surface area (Å²) in [5.41, 5.74) is 0. The Morgan fingerprint density at radius 2 is 2.00 bits per heavy atom. The zero-order chi connectivity index (χ0) is 9.84. The van der Waals surface area contributed by atoms with Crippen molar-refractivity contribution in [3.8, 4) is 0 Å². The van der Waals surface area contributed by atoms with Crippen LogP contribution in [0.1, 0.15) is 52.9 Å². The molecule has 1 heteroatoms. The molecule has 3 atom stereocenters. The molecule has 1 saturated carbocycles. The molecule has 1 unspecified atom stereocenters. The van der Waals surface area contributed by atoms with E-state index in [9.17, 15) is 4.79 Å². The van der Waals surface area contributed by atoms with Gasteiger partial charge in [-0.3, -0.25) is 4.79 Å². The van der Waals surface area contributed by atoms with E-state index in [1.807, 2.05) is 0 Å². The summed E-state index contributed by atoms with van der Waals surface area (Å²) < 4.78 is 0. The molecule has 0 N–H and O–H groups in total. The van der Waals surface area contributed by atoms with Crippen LogP contribution in [0.15, 0.2) is 0 Å². The predicted octanol–water partition coefficient (Wildman–Crippen LogP) is 3.43. The van der Waals surface area contributed by atoms with Crippen molar-refractivity contribution in [2.75, 3.05) is 0 Å². The van der Waals surface area contributed by atoms with Crippen LogP contribution >= 0.6 is 0 Å². The molecule has 0 saturated heterocycles. The fourth-order valence-corrected chi connectivity index (χ4v) is 2.65. The van der Waals surface area contributed by atoms with E-state index in [4.69, 9.17) is 0 Å². The van der Waals surface area contributed by atoms with Gasteiger partial charge < -0.3 is 0 Å². The van der Waals surface area contributed by atoms with Gasteiger partial charge in [-0.15, -0.1) is 0 Å². The molecule has 0 aromatic carbocycles. The highest BCUT2D eigenvalue weighted by Crippen LogP contribution is 2.36. The zero-order valence-corrected chi connectivity index (χ0v) is 9.18. The third kappa shape index (κ3) is 2.55. The number of Topliss-reactive ketones (excluding diaryl/α,β-unsaturated/α-hetero) is 1. The molecule has 1 aliphatic carbocycles. The van der Waals surface area contributed by atoms with Gasteiger partial charge >= 0.3 is 0 Å². The van der Waals surface area contributed by atoms with Crippen molar-refractivity contribution in [3.05, 3.63) is 0 Å². The highest BCUT2D eigenvalue weighted by atomic mass is 16.1. The monoisotopic (exact) mass is 182 g/mol. The van der Waals surface area contributed by atoms with Gasteiger partial charge in [-0.05, 0) is 31.6 Å². The first-order chi connectivity index (χ1) is 6.16. The first-order valence-corrected chi connectivity index (χ1v) is 5.67. The molecule has 13 heavy (non-hydrogen) atoms. The summed E-state index contributed by atoms with van der Waals surface area (Å²) in [5.74, 6) is 2.21. The van der Waals surface area contributed by atoms with Gasteiger partial charge in [-0.2, -0.15) is 0 Å². The highest BCUT2D eigenvalue weighted by molar-refractivity contribution is 5.78. The van der Waals surface area contributed by atoms with E-state index in [0.29, 0.717) is 17.6 Å². The van der Waals surface area contributed by atoms with E-state index in [2.05, 4.69) is 13.8 Å². The largest absolute Gasteiger partial charge is 0.300 e. The molecule has 0 radical (unpaired) electrons. The van der Waals surface area contributed by atoms with Crippen LogP contribution in [0, 0.1) is 17.8 Å². The molecule has 0 bridgehead atoms. The topological polar surface area (TPSA) is 17.1 Å². The van der Waals surface area contributed by atoms with E-state index < -0.39 is 0 Å². The Morgan fingerprint density at radius 1 is 1.38 bits per heavy atom. The summed E-state index contributed by atoms with van der Waals surface area (Å²) in [6.45, 7) is 6.30. The van der Waals surface area contributed by atoms with Crippen LogP contribution in [-0.2, 0) is 4.79 Å². The molecule has 0 amide bonds. The number of hydrogen-bond donors (Lipinski definition) is 0. The molecule has 0 heterocycles. The van der Waals surface area contributed by atoms with Gasteiger partial charge in [0.05, 0.1) is 0 Å². The lowest BCUT2D eigenvalue weighted by Crippen LogP contribution is -2.29. The molecule has 1 fully saturated rings. The standard InChI is InChI=1S/C12H22O/c1-4-9(2)11-7-5-6-8-12(11)10(3)13/h9,11-12H,4-8H2,1-3H3/t9-,11-,12?/m0/s1. The number of hydrogen-bond acceptors (Lipinski definition) is 1. The number of ketones is 1. The van der Waals surface area contributed by atoms with Crippen molar-refractivity contribution in [2.24, 2.45) is 17.8 Å². The summed E-state index contributed by atoms with van der Waals surface area (Å²) >= 11 is 0. The Balaban J connectivity index is 2.61. The minimum atomic E-state index is 0.378. The van der Waals surface area contributed by atoms with Crippen LogP contribution < -0.4 is 0 Å². The van der Waals surface area contributed by atoms with Crippen molar-refractivity contribution in [2.45, 2.75) is 52.9 Å². The fraction of sp³-hybridized carbons (Fsp3) is 0.917. The van der Waals surface area contributed by atoms with Crippen LogP contribution in [0.5, 0.6) is 0 Å².